The monoisotopic (exact) mass is 360 g/mol. The zero-order chi connectivity index (χ0) is 16.8. The van der Waals surface area contributed by atoms with E-state index in [1.165, 1.54) is 11.8 Å². The number of hydrogen-bond acceptors (Lipinski definition) is 6. The smallest absolute Gasteiger partial charge is 0.338 e. The summed E-state index contributed by atoms with van der Waals surface area (Å²) in [6.07, 6.45) is 0. The number of halogens is 1. The second-order valence-corrected chi connectivity index (χ2v) is 6.20. The van der Waals surface area contributed by atoms with E-state index in [0.29, 0.717) is 21.5 Å². The lowest BCUT2D eigenvalue weighted by Crippen LogP contribution is -2.08. The second-order valence-electron chi connectivity index (χ2n) is 4.70. The SMILES string of the molecule is O=C(OCCSc1nnnn1-c1ccc(Cl)cc1)c1ccccc1. The molecule has 3 aromatic rings. The summed E-state index contributed by atoms with van der Waals surface area (Å²) in [6, 6.07) is 16.1. The van der Waals surface area contributed by atoms with Crippen LogP contribution in [0.3, 0.4) is 0 Å². The molecule has 0 atom stereocenters. The maximum Gasteiger partial charge on any atom is 0.338 e. The minimum Gasteiger partial charge on any atom is -0.461 e. The van der Waals surface area contributed by atoms with Gasteiger partial charge >= 0.3 is 5.97 Å². The summed E-state index contributed by atoms with van der Waals surface area (Å²) in [4.78, 5) is 11.8. The van der Waals surface area contributed by atoms with Crippen molar-refractivity contribution in [1.82, 2.24) is 20.2 Å². The number of esters is 1. The number of hydrogen-bond donors (Lipinski definition) is 0. The number of aromatic nitrogens is 4. The van der Waals surface area contributed by atoms with Gasteiger partial charge in [-0.15, -0.1) is 5.10 Å². The molecule has 6 nitrogen and oxygen atoms in total. The number of carbonyl (C=O) groups excluding carboxylic acids is 1. The van der Waals surface area contributed by atoms with Gasteiger partial charge in [0.2, 0.25) is 5.16 Å². The standard InChI is InChI=1S/C16H13ClN4O2S/c17-13-6-8-14(9-7-13)21-16(18-19-20-21)24-11-10-23-15(22)12-4-2-1-3-5-12/h1-9H,10-11H2. The molecule has 0 aliphatic heterocycles. The van der Waals surface area contributed by atoms with E-state index in [1.54, 1.807) is 41.1 Å². The maximum atomic E-state index is 11.8. The Kier molecular flexibility index (Phi) is 5.45. The van der Waals surface area contributed by atoms with Crippen LogP contribution >= 0.6 is 23.4 Å². The van der Waals surface area contributed by atoms with E-state index in [9.17, 15) is 4.79 Å². The molecule has 2 aromatic carbocycles. The Hall–Kier alpha value is -2.38. The average Bonchev–Trinajstić information content (AvgIpc) is 3.08. The van der Waals surface area contributed by atoms with Gasteiger partial charge in [0.05, 0.1) is 11.3 Å². The van der Waals surface area contributed by atoms with Crippen LogP contribution in [0, 0.1) is 0 Å². The molecule has 0 saturated carbocycles. The highest BCUT2D eigenvalue weighted by molar-refractivity contribution is 7.99. The lowest BCUT2D eigenvalue weighted by atomic mass is 10.2. The largest absolute Gasteiger partial charge is 0.461 e. The molecule has 0 saturated heterocycles. The van der Waals surface area contributed by atoms with E-state index in [0.717, 1.165) is 5.69 Å². The normalized spacial score (nSPS) is 10.5. The van der Waals surface area contributed by atoms with E-state index in [2.05, 4.69) is 15.5 Å². The van der Waals surface area contributed by atoms with Crippen molar-refractivity contribution >= 4 is 29.3 Å². The van der Waals surface area contributed by atoms with E-state index in [4.69, 9.17) is 16.3 Å². The van der Waals surface area contributed by atoms with Crippen molar-refractivity contribution in [2.45, 2.75) is 5.16 Å². The predicted octanol–water partition coefficient (Wildman–Crippen LogP) is 3.26. The summed E-state index contributed by atoms with van der Waals surface area (Å²) < 4.78 is 6.84. The van der Waals surface area contributed by atoms with Crippen molar-refractivity contribution in [3.05, 3.63) is 65.2 Å². The van der Waals surface area contributed by atoms with Gasteiger partial charge in [0, 0.05) is 10.8 Å². The van der Waals surface area contributed by atoms with Crippen molar-refractivity contribution in [3.63, 3.8) is 0 Å². The number of ether oxygens (including phenoxy) is 1. The number of benzene rings is 2. The van der Waals surface area contributed by atoms with Crippen LogP contribution in [0.2, 0.25) is 5.02 Å². The Morgan fingerprint density at radius 2 is 1.88 bits per heavy atom. The molecule has 8 heteroatoms. The van der Waals surface area contributed by atoms with Crippen molar-refractivity contribution in [3.8, 4) is 5.69 Å². The molecule has 0 radical (unpaired) electrons. The molecule has 3 rings (SSSR count). The van der Waals surface area contributed by atoms with E-state index >= 15 is 0 Å². The summed E-state index contributed by atoms with van der Waals surface area (Å²) in [5.41, 5.74) is 1.35. The Bertz CT molecular complexity index is 808. The summed E-state index contributed by atoms with van der Waals surface area (Å²) in [5, 5.41) is 12.9. The fourth-order valence-electron chi connectivity index (χ4n) is 1.94. The Labute approximate surface area is 147 Å². The van der Waals surface area contributed by atoms with Crippen molar-refractivity contribution < 1.29 is 9.53 Å². The third kappa shape index (κ3) is 4.12. The van der Waals surface area contributed by atoms with Crippen LogP contribution in [0.5, 0.6) is 0 Å². The van der Waals surface area contributed by atoms with Gasteiger partial charge in [0.25, 0.3) is 0 Å². The molecular weight excluding hydrogens is 348 g/mol. The quantitative estimate of drug-likeness (QED) is 0.382. The first-order chi connectivity index (χ1) is 11.7. The van der Waals surface area contributed by atoms with Crippen LogP contribution in [0.4, 0.5) is 0 Å². The zero-order valence-corrected chi connectivity index (χ0v) is 14.1. The van der Waals surface area contributed by atoms with Gasteiger partial charge in [0.15, 0.2) is 0 Å². The van der Waals surface area contributed by atoms with Crippen LogP contribution in [0.25, 0.3) is 5.69 Å². The lowest BCUT2D eigenvalue weighted by Gasteiger charge is -2.05. The minimum atomic E-state index is -0.339. The van der Waals surface area contributed by atoms with E-state index in [-0.39, 0.29) is 12.6 Å². The van der Waals surface area contributed by atoms with Gasteiger partial charge in [0.1, 0.15) is 6.61 Å². The molecule has 24 heavy (non-hydrogen) atoms. The molecule has 1 heterocycles. The summed E-state index contributed by atoms with van der Waals surface area (Å²) >= 11 is 7.29. The first kappa shape index (κ1) is 16.5. The molecule has 1 aromatic heterocycles. The summed E-state index contributed by atoms with van der Waals surface area (Å²) in [7, 11) is 0. The Morgan fingerprint density at radius 3 is 2.62 bits per heavy atom. The topological polar surface area (TPSA) is 69.9 Å². The fourth-order valence-corrected chi connectivity index (χ4v) is 2.77. The van der Waals surface area contributed by atoms with Crippen LogP contribution < -0.4 is 0 Å². The molecule has 0 fully saturated rings. The van der Waals surface area contributed by atoms with E-state index in [1.807, 2.05) is 18.2 Å². The number of nitrogens with zero attached hydrogens (tertiary/aromatic N) is 4. The van der Waals surface area contributed by atoms with Crippen LogP contribution in [-0.2, 0) is 4.74 Å². The second kappa shape index (κ2) is 7.94. The molecule has 0 bridgehead atoms. The molecule has 0 amide bonds. The van der Waals surface area contributed by atoms with Crippen molar-refractivity contribution in [1.29, 1.82) is 0 Å². The van der Waals surface area contributed by atoms with Crippen LogP contribution in [0.1, 0.15) is 10.4 Å². The van der Waals surface area contributed by atoms with Crippen LogP contribution in [0.15, 0.2) is 59.8 Å². The Morgan fingerprint density at radius 1 is 1.12 bits per heavy atom. The summed E-state index contributed by atoms with van der Waals surface area (Å²) in [6.45, 7) is 0.270. The first-order valence-electron chi connectivity index (χ1n) is 7.13. The van der Waals surface area contributed by atoms with Gasteiger partial charge in [-0.1, -0.05) is 41.6 Å². The number of tetrazole rings is 1. The molecule has 0 aliphatic carbocycles. The number of carbonyl (C=O) groups is 1. The van der Waals surface area contributed by atoms with Gasteiger partial charge in [-0.2, -0.15) is 4.68 Å². The van der Waals surface area contributed by atoms with Gasteiger partial charge in [-0.05, 0) is 46.8 Å². The fraction of sp³-hybridized carbons (Fsp3) is 0.125. The molecule has 0 unspecified atom stereocenters. The third-order valence-corrected chi connectivity index (χ3v) is 4.20. The van der Waals surface area contributed by atoms with Gasteiger partial charge in [-0.25, -0.2) is 4.79 Å². The lowest BCUT2D eigenvalue weighted by molar-refractivity contribution is 0.0530. The third-order valence-electron chi connectivity index (χ3n) is 3.07. The molecule has 0 spiro atoms. The Balaban J connectivity index is 1.54. The molecule has 0 N–H and O–H groups in total. The van der Waals surface area contributed by atoms with Gasteiger partial charge < -0.3 is 4.74 Å². The zero-order valence-electron chi connectivity index (χ0n) is 12.5. The highest BCUT2D eigenvalue weighted by Crippen LogP contribution is 2.19. The minimum absolute atomic E-state index is 0.270. The van der Waals surface area contributed by atoms with E-state index < -0.39 is 0 Å². The average molecular weight is 361 g/mol. The van der Waals surface area contributed by atoms with Crippen LogP contribution in [-0.4, -0.2) is 38.5 Å². The number of rotatable bonds is 6. The molecular formula is C16H13ClN4O2S. The highest BCUT2D eigenvalue weighted by atomic mass is 35.5. The van der Waals surface area contributed by atoms with Gasteiger partial charge in [-0.3, -0.25) is 0 Å². The molecule has 122 valence electrons. The van der Waals surface area contributed by atoms with Crippen molar-refractivity contribution in [2.24, 2.45) is 0 Å². The first-order valence-corrected chi connectivity index (χ1v) is 8.50. The summed E-state index contributed by atoms with van der Waals surface area (Å²) in [5.74, 6) is 0.209. The predicted molar refractivity (Wildman–Crippen MR) is 91.6 cm³/mol. The molecule has 0 aliphatic rings. The number of thioether (sulfide) groups is 1. The highest BCUT2D eigenvalue weighted by Gasteiger charge is 2.10. The maximum absolute atomic E-state index is 11.8. The van der Waals surface area contributed by atoms with Crippen molar-refractivity contribution in [2.75, 3.05) is 12.4 Å².